The Kier molecular flexibility index (Phi) is 4.68. The van der Waals surface area contributed by atoms with E-state index in [9.17, 15) is 4.79 Å². The number of nitrogens with zero attached hydrogens (tertiary/aromatic N) is 4. The highest BCUT2D eigenvalue weighted by atomic mass is 35.5. The predicted octanol–water partition coefficient (Wildman–Crippen LogP) is 2.66. The number of halogens is 1. The summed E-state index contributed by atoms with van der Waals surface area (Å²) in [6.07, 6.45) is 2.13. The van der Waals surface area contributed by atoms with Gasteiger partial charge in [-0.3, -0.25) is 4.79 Å². The maximum Gasteiger partial charge on any atom is 0.270 e. The average Bonchev–Trinajstić information content (AvgIpc) is 3.45. The number of hydrogen-bond donors (Lipinski definition) is 1. The van der Waals surface area contributed by atoms with Crippen molar-refractivity contribution in [1.82, 2.24) is 15.3 Å². The lowest BCUT2D eigenvalue weighted by atomic mass is 10.2. The summed E-state index contributed by atoms with van der Waals surface area (Å²) in [6, 6.07) is 10.1. The van der Waals surface area contributed by atoms with Crippen LogP contribution in [0.3, 0.4) is 0 Å². The third-order valence-corrected chi connectivity index (χ3v) is 4.98. The van der Waals surface area contributed by atoms with Crippen molar-refractivity contribution in [3.8, 4) is 0 Å². The number of amides is 1. The predicted molar refractivity (Wildman–Crippen MR) is 103 cm³/mol. The minimum absolute atomic E-state index is 0.100. The minimum Gasteiger partial charge on any atom is -0.368 e. The van der Waals surface area contributed by atoms with E-state index in [0.717, 1.165) is 55.5 Å². The fraction of sp³-hybridized carbons (Fsp3) is 0.421. The van der Waals surface area contributed by atoms with Crippen LogP contribution in [0.1, 0.15) is 29.2 Å². The molecule has 0 bridgehead atoms. The normalized spacial score (nSPS) is 17.3. The van der Waals surface area contributed by atoms with Gasteiger partial charge in [0.1, 0.15) is 17.3 Å². The number of rotatable bonds is 4. The van der Waals surface area contributed by atoms with Crippen molar-refractivity contribution in [2.24, 2.45) is 0 Å². The molecule has 1 saturated heterocycles. The summed E-state index contributed by atoms with van der Waals surface area (Å²) >= 11 is 6.10. The molecular weight excluding hydrogens is 350 g/mol. The van der Waals surface area contributed by atoms with Crippen LogP contribution in [0.4, 0.5) is 11.5 Å². The molecule has 1 amide bonds. The number of piperazine rings is 1. The summed E-state index contributed by atoms with van der Waals surface area (Å²) in [5.41, 5.74) is 1.59. The van der Waals surface area contributed by atoms with Crippen molar-refractivity contribution in [2.45, 2.75) is 25.8 Å². The van der Waals surface area contributed by atoms with E-state index >= 15 is 0 Å². The summed E-state index contributed by atoms with van der Waals surface area (Å²) in [7, 11) is 0. The first-order chi connectivity index (χ1) is 12.6. The fourth-order valence-electron chi connectivity index (χ4n) is 3.18. The van der Waals surface area contributed by atoms with E-state index in [1.165, 1.54) is 0 Å². The number of nitrogens with one attached hydrogen (secondary N) is 1. The second-order valence-electron chi connectivity index (χ2n) is 6.86. The third-order valence-electron chi connectivity index (χ3n) is 4.75. The average molecular weight is 372 g/mol. The molecule has 1 saturated carbocycles. The molecule has 0 spiro atoms. The summed E-state index contributed by atoms with van der Waals surface area (Å²) in [5, 5.41) is 3.75. The molecule has 2 aromatic rings. The highest BCUT2D eigenvalue weighted by Crippen LogP contribution is 2.23. The number of aromatic nitrogens is 2. The molecule has 0 atom stereocenters. The van der Waals surface area contributed by atoms with E-state index < -0.39 is 0 Å². The van der Waals surface area contributed by atoms with Crippen LogP contribution in [0.5, 0.6) is 0 Å². The van der Waals surface area contributed by atoms with Gasteiger partial charge in [-0.15, -0.1) is 0 Å². The maximum absolute atomic E-state index is 12.3. The lowest BCUT2D eigenvalue weighted by Crippen LogP contribution is -2.47. The second kappa shape index (κ2) is 7.11. The molecule has 1 N–H and O–H groups in total. The Bertz CT molecular complexity index is 815. The first-order valence-electron chi connectivity index (χ1n) is 9.00. The van der Waals surface area contributed by atoms with Crippen molar-refractivity contribution in [2.75, 3.05) is 36.0 Å². The number of hydrogen-bond acceptors (Lipinski definition) is 5. The van der Waals surface area contributed by atoms with Gasteiger partial charge in [0.05, 0.1) is 0 Å². The van der Waals surface area contributed by atoms with Gasteiger partial charge in [0.25, 0.3) is 5.91 Å². The molecular formula is C19H22ClN5O. The van der Waals surface area contributed by atoms with Crippen LogP contribution in [-0.2, 0) is 0 Å². The number of carbonyl (C=O) groups excluding carboxylic acids is 1. The van der Waals surface area contributed by atoms with Gasteiger partial charge in [0.2, 0.25) is 0 Å². The van der Waals surface area contributed by atoms with Crippen LogP contribution in [0.15, 0.2) is 30.3 Å². The second-order valence-corrected chi connectivity index (χ2v) is 7.30. The lowest BCUT2D eigenvalue weighted by Gasteiger charge is -2.36. The van der Waals surface area contributed by atoms with Gasteiger partial charge < -0.3 is 15.1 Å². The number of carbonyl (C=O) groups is 1. The summed E-state index contributed by atoms with van der Waals surface area (Å²) < 4.78 is 0. The molecule has 0 radical (unpaired) electrons. The number of anilines is 2. The van der Waals surface area contributed by atoms with Crippen LogP contribution in [0.25, 0.3) is 0 Å². The number of aryl methyl sites for hydroxylation is 1. The van der Waals surface area contributed by atoms with Crippen molar-refractivity contribution in [1.29, 1.82) is 0 Å². The van der Waals surface area contributed by atoms with Crippen LogP contribution < -0.4 is 15.1 Å². The minimum atomic E-state index is -0.100. The fourth-order valence-corrected chi connectivity index (χ4v) is 3.37. The molecule has 1 aromatic heterocycles. The molecule has 4 rings (SSSR count). The molecule has 7 heteroatoms. The standard InChI is InChI=1S/C19H22ClN5O/c1-13-21-17(19(26)23-15-5-6-15)12-18(22-13)25-9-7-24(8-10-25)16-4-2-3-14(20)11-16/h2-4,11-12,15H,5-10H2,1H3,(H,23,26). The van der Waals surface area contributed by atoms with E-state index in [4.69, 9.17) is 11.6 Å². The Labute approximate surface area is 158 Å². The van der Waals surface area contributed by atoms with Crippen molar-refractivity contribution in [3.63, 3.8) is 0 Å². The molecule has 1 aromatic carbocycles. The monoisotopic (exact) mass is 371 g/mol. The summed E-state index contributed by atoms with van der Waals surface area (Å²) in [6.45, 7) is 5.28. The SMILES string of the molecule is Cc1nc(C(=O)NC2CC2)cc(N2CCN(c3cccc(Cl)c3)CC2)n1. The van der Waals surface area contributed by atoms with E-state index in [1.807, 2.05) is 25.1 Å². The van der Waals surface area contributed by atoms with E-state index in [2.05, 4.69) is 31.2 Å². The molecule has 2 heterocycles. The molecule has 26 heavy (non-hydrogen) atoms. The van der Waals surface area contributed by atoms with E-state index in [0.29, 0.717) is 17.6 Å². The van der Waals surface area contributed by atoms with E-state index in [1.54, 1.807) is 6.07 Å². The van der Waals surface area contributed by atoms with Gasteiger partial charge in [-0.05, 0) is 38.0 Å². The lowest BCUT2D eigenvalue weighted by molar-refractivity contribution is 0.0945. The Morgan fingerprint density at radius 2 is 1.85 bits per heavy atom. The van der Waals surface area contributed by atoms with Crippen molar-refractivity contribution in [3.05, 3.63) is 46.9 Å². The molecule has 0 unspecified atom stereocenters. The summed E-state index contributed by atoms with van der Waals surface area (Å²) in [4.78, 5) is 25.7. The zero-order chi connectivity index (χ0) is 18.1. The largest absolute Gasteiger partial charge is 0.368 e. The van der Waals surface area contributed by atoms with Crippen molar-refractivity contribution < 1.29 is 4.79 Å². The Balaban J connectivity index is 1.45. The molecule has 6 nitrogen and oxygen atoms in total. The van der Waals surface area contributed by atoms with Gasteiger partial charge in [0, 0.05) is 49.0 Å². The zero-order valence-electron chi connectivity index (χ0n) is 14.8. The van der Waals surface area contributed by atoms with Gasteiger partial charge in [-0.1, -0.05) is 17.7 Å². The van der Waals surface area contributed by atoms with Crippen LogP contribution >= 0.6 is 11.6 Å². The van der Waals surface area contributed by atoms with Gasteiger partial charge in [-0.25, -0.2) is 9.97 Å². The molecule has 1 aliphatic heterocycles. The molecule has 1 aliphatic carbocycles. The van der Waals surface area contributed by atoms with Gasteiger partial charge in [-0.2, -0.15) is 0 Å². The smallest absolute Gasteiger partial charge is 0.270 e. The third kappa shape index (κ3) is 3.90. The van der Waals surface area contributed by atoms with Crippen LogP contribution in [0.2, 0.25) is 5.02 Å². The quantitative estimate of drug-likeness (QED) is 0.895. The van der Waals surface area contributed by atoms with Gasteiger partial charge >= 0.3 is 0 Å². The van der Waals surface area contributed by atoms with E-state index in [-0.39, 0.29) is 5.91 Å². The first kappa shape index (κ1) is 17.1. The summed E-state index contributed by atoms with van der Waals surface area (Å²) in [5.74, 6) is 1.35. The van der Waals surface area contributed by atoms with Crippen LogP contribution in [-0.4, -0.2) is 48.1 Å². The molecule has 2 aliphatic rings. The topological polar surface area (TPSA) is 61.4 Å². The maximum atomic E-state index is 12.3. The van der Waals surface area contributed by atoms with Crippen molar-refractivity contribution >= 4 is 29.0 Å². The highest BCUT2D eigenvalue weighted by Gasteiger charge is 2.25. The Morgan fingerprint density at radius 1 is 1.12 bits per heavy atom. The van der Waals surface area contributed by atoms with Crippen LogP contribution in [0, 0.1) is 6.92 Å². The zero-order valence-corrected chi connectivity index (χ0v) is 15.5. The number of benzene rings is 1. The Hall–Kier alpha value is -2.34. The Morgan fingerprint density at radius 3 is 2.54 bits per heavy atom. The molecule has 136 valence electrons. The van der Waals surface area contributed by atoms with Gasteiger partial charge in [0.15, 0.2) is 0 Å². The highest BCUT2D eigenvalue weighted by molar-refractivity contribution is 6.30. The first-order valence-corrected chi connectivity index (χ1v) is 9.38. The molecule has 2 fully saturated rings.